The Labute approximate surface area is 102 Å². The Morgan fingerprint density at radius 3 is 3.00 bits per heavy atom. The maximum absolute atomic E-state index is 12.5. The first-order chi connectivity index (χ1) is 8.05. The van der Waals surface area contributed by atoms with Crippen molar-refractivity contribution in [2.24, 2.45) is 4.99 Å². The molecule has 0 bridgehead atoms. The molecule has 4 nitrogen and oxygen atoms in total. The van der Waals surface area contributed by atoms with Crippen LogP contribution in [-0.2, 0) is 14.6 Å². The van der Waals surface area contributed by atoms with Crippen molar-refractivity contribution < 1.29 is 13.2 Å². The van der Waals surface area contributed by atoms with Gasteiger partial charge in [-0.1, -0.05) is 30.7 Å². The molecule has 94 valence electrons. The molecule has 0 aromatic heterocycles. The van der Waals surface area contributed by atoms with Crippen LogP contribution < -0.4 is 0 Å². The van der Waals surface area contributed by atoms with Gasteiger partial charge < -0.3 is 4.74 Å². The Bertz CT molecular complexity index is 476. The standard InChI is InChI=1S/C12H17NO3S/c1-3-11-12(13-8-16-11)17(14,15)10-6-4-9(2)5-7-10/h4-6,8,10-12H,3,7H2,1-2H3/p+1. The molecule has 1 aliphatic heterocycles. The fraction of sp³-hybridized carbons (Fsp3) is 0.583. The minimum Gasteiger partial charge on any atom is -0.477 e. The highest BCUT2D eigenvalue weighted by Crippen LogP contribution is 2.26. The highest BCUT2D eigenvalue weighted by molar-refractivity contribution is 7.92. The quantitative estimate of drug-likeness (QED) is 0.725. The second kappa shape index (κ2) is 4.64. The lowest BCUT2D eigenvalue weighted by atomic mass is 10.1. The molecule has 17 heavy (non-hydrogen) atoms. The Morgan fingerprint density at radius 2 is 2.41 bits per heavy atom. The molecular weight excluding hydrogens is 238 g/mol. The lowest BCUT2D eigenvalue weighted by Crippen LogP contribution is -2.36. The largest absolute Gasteiger partial charge is 0.477 e. The molecule has 1 N–H and O–H groups in total. The van der Waals surface area contributed by atoms with Gasteiger partial charge in [-0.3, -0.25) is 0 Å². The lowest BCUT2D eigenvalue weighted by Gasteiger charge is -2.18. The maximum atomic E-state index is 12.5. The normalized spacial score (nSPS) is 35.2. The molecule has 1 aliphatic carbocycles. The van der Waals surface area contributed by atoms with Crippen molar-refractivity contribution in [1.29, 1.82) is 0 Å². The van der Waals surface area contributed by atoms with Crippen molar-refractivity contribution in [1.82, 2.24) is 0 Å². The van der Waals surface area contributed by atoms with Crippen LogP contribution in [0, 0.1) is 0 Å². The van der Waals surface area contributed by atoms with Crippen molar-refractivity contribution in [3.63, 3.8) is 0 Å². The lowest BCUT2D eigenvalue weighted by molar-refractivity contribution is 0.217. The van der Waals surface area contributed by atoms with Gasteiger partial charge in [0.15, 0.2) is 6.40 Å². The van der Waals surface area contributed by atoms with Crippen LogP contribution in [0.2, 0.25) is 0 Å². The smallest absolute Gasteiger partial charge is 0.306 e. The van der Waals surface area contributed by atoms with Crippen LogP contribution in [0.3, 0.4) is 0 Å². The number of allylic oxidation sites excluding steroid dienone is 3. The van der Waals surface area contributed by atoms with Crippen molar-refractivity contribution in [3.8, 4) is 0 Å². The number of hydrogen-bond acceptors (Lipinski definition) is 3. The fourth-order valence-electron chi connectivity index (χ4n) is 2.08. The van der Waals surface area contributed by atoms with Crippen molar-refractivity contribution in [2.45, 2.75) is 43.4 Å². The maximum Gasteiger partial charge on any atom is 0.306 e. The summed E-state index contributed by atoms with van der Waals surface area (Å²) in [6.45, 7) is 3.92. The van der Waals surface area contributed by atoms with Crippen LogP contribution in [0.25, 0.3) is 0 Å². The van der Waals surface area contributed by atoms with Crippen LogP contribution in [0.15, 0.2) is 28.8 Å². The summed E-state index contributed by atoms with van der Waals surface area (Å²) in [5, 5.41) is -0.988. The van der Waals surface area contributed by atoms with E-state index in [-0.39, 0.29) is 11.4 Å². The number of aliphatic imine (C=N–C) groups is 1. The van der Waals surface area contributed by atoms with Gasteiger partial charge in [0.2, 0.25) is 5.37 Å². The average Bonchev–Trinajstić information content (AvgIpc) is 2.78. The summed E-state index contributed by atoms with van der Waals surface area (Å²) < 4.78 is 28.0. The minimum absolute atomic E-state index is 0.270. The van der Waals surface area contributed by atoms with E-state index in [0.29, 0.717) is 12.8 Å². The van der Waals surface area contributed by atoms with Gasteiger partial charge in [0.25, 0.3) is 0 Å². The summed E-state index contributed by atoms with van der Waals surface area (Å²) in [7, 11) is -3.05. The molecular formula is C12H18NO3S+. The summed E-state index contributed by atoms with van der Waals surface area (Å²) in [5.41, 5.74) is 1.13. The second-order valence-corrected chi connectivity index (χ2v) is 6.74. The molecule has 1 heterocycles. The van der Waals surface area contributed by atoms with E-state index < -0.39 is 15.2 Å². The van der Waals surface area contributed by atoms with E-state index in [2.05, 4.69) is 4.99 Å². The third-order valence-corrected chi connectivity index (χ3v) is 5.52. The van der Waals surface area contributed by atoms with E-state index in [1.54, 1.807) is 0 Å². The van der Waals surface area contributed by atoms with Crippen molar-refractivity contribution in [2.75, 3.05) is 0 Å². The molecule has 0 amide bonds. The molecule has 0 fully saturated rings. The summed E-state index contributed by atoms with van der Waals surface area (Å²) in [5.74, 6) is 0. The average molecular weight is 256 g/mol. The highest BCUT2D eigenvalue weighted by Gasteiger charge is 2.45. The SMILES string of the molecule is CCC1OC=NC1S(=O)(=[OH+])C1C=CC(C)=CC1. The molecule has 0 saturated heterocycles. The zero-order chi connectivity index (χ0) is 12.5. The molecule has 0 aromatic carbocycles. The number of hydrogen-bond donors (Lipinski definition) is 0. The van der Waals surface area contributed by atoms with Crippen molar-refractivity contribution >= 4 is 16.2 Å². The highest BCUT2D eigenvalue weighted by atomic mass is 32.2. The molecule has 2 aliphatic rings. The first kappa shape index (κ1) is 12.4. The summed E-state index contributed by atoms with van der Waals surface area (Å²) in [4.78, 5) is 4.03. The second-order valence-electron chi connectivity index (χ2n) is 4.42. The molecule has 5 heteroatoms. The first-order valence-electron chi connectivity index (χ1n) is 5.82. The van der Waals surface area contributed by atoms with E-state index in [4.69, 9.17) is 4.74 Å². The van der Waals surface area contributed by atoms with Gasteiger partial charge in [0.1, 0.15) is 11.4 Å². The number of ether oxygens (including phenoxy) is 1. The van der Waals surface area contributed by atoms with E-state index in [0.717, 1.165) is 5.57 Å². The molecule has 0 spiro atoms. The predicted molar refractivity (Wildman–Crippen MR) is 68.8 cm³/mol. The topological polar surface area (TPSA) is 60.1 Å². The van der Waals surface area contributed by atoms with Gasteiger partial charge in [-0.15, -0.1) is 0 Å². The summed E-state index contributed by atoms with van der Waals surface area (Å²) in [6.07, 6.45) is 8.02. The molecule has 2 rings (SSSR count). The Kier molecular flexibility index (Phi) is 3.38. The van der Waals surface area contributed by atoms with E-state index in [1.807, 2.05) is 32.1 Å². The van der Waals surface area contributed by atoms with Crippen LogP contribution >= 0.6 is 0 Å². The zero-order valence-corrected chi connectivity index (χ0v) is 10.9. The van der Waals surface area contributed by atoms with Crippen LogP contribution in [0.1, 0.15) is 26.7 Å². The van der Waals surface area contributed by atoms with Crippen molar-refractivity contribution in [3.05, 3.63) is 23.8 Å². The van der Waals surface area contributed by atoms with Gasteiger partial charge in [0, 0.05) is 0 Å². The Balaban J connectivity index is 2.20. The number of rotatable bonds is 3. The molecule has 4 atom stereocenters. The summed E-state index contributed by atoms with van der Waals surface area (Å²) >= 11 is 0. The molecule has 0 saturated carbocycles. The van der Waals surface area contributed by atoms with Gasteiger partial charge in [-0.25, -0.2) is 9.20 Å². The van der Waals surface area contributed by atoms with E-state index in [9.17, 15) is 8.42 Å². The predicted octanol–water partition coefficient (Wildman–Crippen LogP) is 2.00. The monoisotopic (exact) mass is 256 g/mol. The molecule has 4 unspecified atom stereocenters. The van der Waals surface area contributed by atoms with E-state index >= 15 is 0 Å². The number of nitrogens with zero attached hydrogens (tertiary/aromatic N) is 1. The summed E-state index contributed by atoms with van der Waals surface area (Å²) in [6, 6.07) is 0. The molecule has 0 aromatic rings. The van der Waals surface area contributed by atoms with Crippen LogP contribution in [0.5, 0.6) is 0 Å². The Hall–Kier alpha value is -1.10. The third kappa shape index (κ3) is 2.29. The van der Waals surface area contributed by atoms with Gasteiger partial charge in [-0.05, 0) is 19.8 Å². The van der Waals surface area contributed by atoms with Gasteiger partial charge in [0.05, 0.1) is 0 Å². The third-order valence-electron chi connectivity index (χ3n) is 3.19. The zero-order valence-electron chi connectivity index (χ0n) is 10.1. The fourth-order valence-corrected chi connectivity index (χ4v) is 4.03. The first-order valence-corrected chi connectivity index (χ1v) is 7.46. The van der Waals surface area contributed by atoms with Crippen LogP contribution in [-0.4, -0.2) is 31.5 Å². The Morgan fingerprint density at radius 1 is 1.65 bits per heavy atom. The molecule has 0 radical (unpaired) electrons. The van der Waals surface area contributed by atoms with Crippen LogP contribution in [0.4, 0.5) is 0 Å². The van der Waals surface area contributed by atoms with Gasteiger partial charge in [-0.2, -0.15) is 4.21 Å². The van der Waals surface area contributed by atoms with E-state index in [1.165, 1.54) is 6.40 Å². The van der Waals surface area contributed by atoms with Gasteiger partial charge >= 0.3 is 9.84 Å². The minimum atomic E-state index is -3.05.